The third kappa shape index (κ3) is 5.99. The van der Waals surface area contributed by atoms with Gasteiger partial charge < -0.3 is 9.47 Å². The van der Waals surface area contributed by atoms with Crippen molar-refractivity contribution in [2.24, 2.45) is 0 Å². The highest BCUT2D eigenvalue weighted by atomic mass is 16.7. The van der Waals surface area contributed by atoms with Crippen LogP contribution in [0.5, 0.6) is 11.5 Å². The maximum Gasteiger partial charge on any atom is 0.303 e. The molecule has 204 valence electrons. The van der Waals surface area contributed by atoms with Crippen molar-refractivity contribution >= 4 is 0 Å². The van der Waals surface area contributed by atoms with Crippen LogP contribution < -0.4 is 9.47 Å². The lowest BCUT2D eigenvalue weighted by molar-refractivity contribution is -0.00361. The van der Waals surface area contributed by atoms with E-state index >= 15 is 0 Å². The molecule has 0 aliphatic rings. The Morgan fingerprint density at radius 1 is 0.732 bits per heavy atom. The number of aromatic amines is 1. The van der Waals surface area contributed by atoms with Gasteiger partial charge in [-0.2, -0.15) is 0 Å². The van der Waals surface area contributed by atoms with Crippen molar-refractivity contribution in [1.82, 2.24) is 35.4 Å². The number of aromatic nitrogens is 7. The Morgan fingerprint density at radius 3 is 1.93 bits per heavy atom. The van der Waals surface area contributed by atoms with Gasteiger partial charge >= 0.3 is 6.29 Å². The Bertz CT molecular complexity index is 1640. The van der Waals surface area contributed by atoms with E-state index in [-0.39, 0.29) is 6.04 Å². The normalized spacial score (nSPS) is 11.2. The highest BCUT2D eigenvalue weighted by Crippen LogP contribution is 2.30. The first-order valence-corrected chi connectivity index (χ1v) is 13.5. The molecule has 4 aromatic carbocycles. The monoisotopic (exact) mass is 543 g/mol. The SMILES string of the molecule is CC(C)n1nc(C(Oc2ccccc2)Oc2ccccc2)nc1Cc1ccc(-c2ccccc2-c2nnn[nH]2)cc1. The van der Waals surface area contributed by atoms with Gasteiger partial charge in [0, 0.05) is 18.0 Å². The van der Waals surface area contributed by atoms with Crippen LogP contribution in [0.2, 0.25) is 0 Å². The molecule has 0 fully saturated rings. The molecule has 0 unspecified atom stereocenters. The van der Waals surface area contributed by atoms with Gasteiger partial charge in [0.25, 0.3) is 0 Å². The Hall–Kier alpha value is -5.31. The predicted octanol–water partition coefficient (Wildman–Crippen LogP) is 6.45. The number of benzene rings is 4. The fourth-order valence-electron chi connectivity index (χ4n) is 4.58. The van der Waals surface area contributed by atoms with E-state index in [1.54, 1.807) is 0 Å². The summed E-state index contributed by atoms with van der Waals surface area (Å²) in [7, 11) is 0. The number of H-pyrrole nitrogens is 1. The van der Waals surface area contributed by atoms with Gasteiger partial charge in [0.1, 0.15) is 17.3 Å². The minimum absolute atomic E-state index is 0.0991. The third-order valence-electron chi connectivity index (χ3n) is 6.55. The largest absolute Gasteiger partial charge is 0.448 e. The summed E-state index contributed by atoms with van der Waals surface area (Å²) in [5.41, 5.74) is 4.17. The molecule has 0 aliphatic carbocycles. The zero-order valence-electron chi connectivity index (χ0n) is 22.8. The predicted molar refractivity (Wildman–Crippen MR) is 155 cm³/mol. The quantitative estimate of drug-likeness (QED) is 0.198. The van der Waals surface area contributed by atoms with Gasteiger partial charge in [0.2, 0.25) is 5.82 Å². The number of hydrogen-bond acceptors (Lipinski definition) is 7. The molecule has 0 amide bonds. The minimum Gasteiger partial charge on any atom is -0.448 e. The van der Waals surface area contributed by atoms with E-state index in [2.05, 4.69) is 64.8 Å². The summed E-state index contributed by atoms with van der Waals surface area (Å²) < 4.78 is 14.4. The van der Waals surface area contributed by atoms with E-state index in [4.69, 9.17) is 19.6 Å². The van der Waals surface area contributed by atoms with Crippen molar-refractivity contribution in [1.29, 1.82) is 0 Å². The fourth-order valence-corrected chi connectivity index (χ4v) is 4.58. The summed E-state index contributed by atoms with van der Waals surface area (Å²) in [4.78, 5) is 4.92. The smallest absolute Gasteiger partial charge is 0.303 e. The Kier molecular flexibility index (Phi) is 7.49. The fraction of sp³-hybridized carbons (Fsp3) is 0.156. The molecule has 9 nitrogen and oxygen atoms in total. The van der Waals surface area contributed by atoms with Crippen molar-refractivity contribution in [3.8, 4) is 34.0 Å². The number of hydrogen-bond donors (Lipinski definition) is 1. The van der Waals surface area contributed by atoms with E-state index < -0.39 is 6.29 Å². The molecular formula is C32H29N7O2. The van der Waals surface area contributed by atoms with Crippen molar-refractivity contribution in [3.63, 3.8) is 0 Å². The van der Waals surface area contributed by atoms with E-state index in [9.17, 15) is 0 Å². The maximum atomic E-state index is 6.23. The second kappa shape index (κ2) is 11.8. The van der Waals surface area contributed by atoms with E-state index in [1.807, 2.05) is 83.5 Å². The first-order chi connectivity index (χ1) is 20.1. The van der Waals surface area contributed by atoms with Gasteiger partial charge in [0.05, 0.1) is 0 Å². The molecular weight excluding hydrogens is 514 g/mol. The van der Waals surface area contributed by atoms with Crippen molar-refractivity contribution in [2.45, 2.75) is 32.6 Å². The molecule has 2 aromatic heterocycles. The topological polar surface area (TPSA) is 104 Å². The second-order valence-electron chi connectivity index (χ2n) is 9.79. The number of tetrazole rings is 1. The van der Waals surface area contributed by atoms with E-state index in [0.717, 1.165) is 28.1 Å². The Balaban J connectivity index is 1.28. The summed E-state index contributed by atoms with van der Waals surface area (Å²) in [5.74, 6) is 3.27. The summed E-state index contributed by atoms with van der Waals surface area (Å²) in [6, 6.07) is 35.7. The zero-order valence-corrected chi connectivity index (χ0v) is 22.8. The highest BCUT2D eigenvalue weighted by Gasteiger charge is 2.24. The first-order valence-electron chi connectivity index (χ1n) is 13.5. The van der Waals surface area contributed by atoms with Gasteiger partial charge in [-0.15, -0.1) is 10.2 Å². The zero-order chi connectivity index (χ0) is 28.0. The van der Waals surface area contributed by atoms with Gasteiger partial charge in [-0.25, -0.2) is 14.8 Å². The lowest BCUT2D eigenvalue weighted by Gasteiger charge is -2.18. The average molecular weight is 544 g/mol. The van der Waals surface area contributed by atoms with Gasteiger partial charge in [-0.05, 0) is 65.2 Å². The van der Waals surface area contributed by atoms with Crippen molar-refractivity contribution < 1.29 is 9.47 Å². The number of nitrogens with one attached hydrogen (secondary N) is 1. The molecule has 0 aliphatic heterocycles. The van der Waals surface area contributed by atoms with E-state index in [1.165, 1.54) is 0 Å². The van der Waals surface area contributed by atoms with Crippen LogP contribution in [0.15, 0.2) is 109 Å². The molecule has 6 aromatic rings. The van der Waals surface area contributed by atoms with Crippen LogP contribution in [0.1, 0.15) is 43.4 Å². The van der Waals surface area contributed by atoms with Gasteiger partial charge in [0.15, 0.2) is 5.82 Å². The molecule has 0 saturated heterocycles. The summed E-state index contributed by atoms with van der Waals surface area (Å²) >= 11 is 0. The van der Waals surface area contributed by atoms with E-state index in [0.29, 0.717) is 29.6 Å². The van der Waals surface area contributed by atoms with Crippen LogP contribution >= 0.6 is 0 Å². The molecule has 0 radical (unpaired) electrons. The van der Waals surface area contributed by atoms with Crippen LogP contribution in [-0.2, 0) is 6.42 Å². The lowest BCUT2D eigenvalue weighted by Crippen LogP contribution is -2.17. The Morgan fingerprint density at radius 2 is 1.34 bits per heavy atom. The Labute approximate surface area is 237 Å². The number of ether oxygens (including phenoxy) is 2. The standard InChI is InChI=1S/C32H29N7O2/c1-22(2)39-29(21-23-17-19-24(20-18-23)27-15-9-10-16-28(27)30-34-37-38-35-30)33-31(36-39)32(40-25-11-5-3-6-12-25)41-26-13-7-4-8-14-26/h3-20,22,32H,21H2,1-2H3,(H,34,35,37,38). The number of para-hydroxylation sites is 2. The lowest BCUT2D eigenvalue weighted by atomic mass is 9.98. The molecule has 0 bridgehead atoms. The van der Waals surface area contributed by atoms with Gasteiger partial charge in [-0.1, -0.05) is 84.9 Å². The number of nitrogens with zero attached hydrogens (tertiary/aromatic N) is 6. The van der Waals surface area contributed by atoms with Crippen LogP contribution in [0.25, 0.3) is 22.5 Å². The molecule has 1 N–H and O–H groups in total. The summed E-state index contributed by atoms with van der Waals surface area (Å²) in [6.07, 6.45) is -0.217. The maximum absolute atomic E-state index is 6.23. The van der Waals surface area contributed by atoms with Crippen LogP contribution in [0, 0.1) is 0 Å². The van der Waals surface area contributed by atoms with Crippen LogP contribution in [-0.4, -0.2) is 35.4 Å². The minimum atomic E-state index is -0.817. The highest BCUT2D eigenvalue weighted by molar-refractivity contribution is 5.80. The number of rotatable bonds is 10. The molecule has 41 heavy (non-hydrogen) atoms. The first kappa shape index (κ1) is 25.9. The third-order valence-corrected chi connectivity index (χ3v) is 6.55. The summed E-state index contributed by atoms with van der Waals surface area (Å²) in [5, 5.41) is 19.2. The molecule has 2 heterocycles. The molecule has 0 spiro atoms. The molecule has 6 rings (SSSR count). The molecule has 9 heteroatoms. The van der Waals surface area contributed by atoms with Crippen LogP contribution in [0.4, 0.5) is 0 Å². The molecule has 0 saturated carbocycles. The second-order valence-corrected chi connectivity index (χ2v) is 9.79. The van der Waals surface area contributed by atoms with Gasteiger partial charge in [-0.3, -0.25) is 0 Å². The average Bonchev–Trinajstić information content (AvgIpc) is 3.70. The molecule has 0 atom stereocenters. The van der Waals surface area contributed by atoms with Crippen molar-refractivity contribution in [3.05, 3.63) is 126 Å². The van der Waals surface area contributed by atoms with Crippen molar-refractivity contribution in [2.75, 3.05) is 0 Å². The summed E-state index contributed by atoms with van der Waals surface area (Å²) in [6.45, 7) is 4.18. The van der Waals surface area contributed by atoms with Crippen LogP contribution in [0.3, 0.4) is 0 Å².